The number of hydrogen-bond donors (Lipinski definition) is 2. The Balaban J connectivity index is 2.06. The standard InChI is InChI=1S/C14H10F2N2O5/c15-9-2-1-3-10(16)13(9)17-11(19)7-23-18-6-8(14(21)22)4-5-12(18)20/h1-6H,7H2,(H,17,19)(H,21,22). The molecule has 0 saturated carbocycles. The van der Waals surface area contributed by atoms with Crippen molar-refractivity contribution in [2.75, 3.05) is 11.9 Å². The molecular weight excluding hydrogens is 314 g/mol. The van der Waals surface area contributed by atoms with Crippen LogP contribution in [0.3, 0.4) is 0 Å². The number of nitrogens with zero attached hydrogens (tertiary/aromatic N) is 1. The minimum Gasteiger partial charge on any atom is -0.478 e. The van der Waals surface area contributed by atoms with Crippen LogP contribution in [-0.4, -0.2) is 28.3 Å². The van der Waals surface area contributed by atoms with E-state index in [2.05, 4.69) is 0 Å². The third kappa shape index (κ3) is 3.90. The highest BCUT2D eigenvalue weighted by atomic mass is 19.1. The Morgan fingerprint density at radius 3 is 2.43 bits per heavy atom. The van der Waals surface area contributed by atoms with Crippen molar-refractivity contribution in [1.82, 2.24) is 4.73 Å². The van der Waals surface area contributed by atoms with Gasteiger partial charge >= 0.3 is 5.97 Å². The summed E-state index contributed by atoms with van der Waals surface area (Å²) in [5, 5.41) is 10.8. The molecule has 0 atom stereocenters. The van der Waals surface area contributed by atoms with E-state index < -0.39 is 41.4 Å². The number of nitrogens with one attached hydrogen (secondary N) is 1. The van der Waals surface area contributed by atoms with Crippen LogP contribution < -0.4 is 15.7 Å². The average molecular weight is 324 g/mol. The Morgan fingerprint density at radius 2 is 1.83 bits per heavy atom. The van der Waals surface area contributed by atoms with Crippen molar-refractivity contribution in [2.24, 2.45) is 0 Å². The van der Waals surface area contributed by atoms with Crippen LogP contribution >= 0.6 is 0 Å². The summed E-state index contributed by atoms with van der Waals surface area (Å²) >= 11 is 0. The number of carbonyl (C=O) groups excluding carboxylic acids is 1. The number of carboxylic acid groups (broad SMARTS) is 1. The zero-order valence-corrected chi connectivity index (χ0v) is 11.5. The number of para-hydroxylation sites is 1. The Hall–Kier alpha value is -3.23. The van der Waals surface area contributed by atoms with E-state index in [0.29, 0.717) is 4.73 Å². The first-order chi connectivity index (χ1) is 10.9. The van der Waals surface area contributed by atoms with Crippen molar-refractivity contribution < 1.29 is 28.3 Å². The van der Waals surface area contributed by atoms with E-state index in [1.165, 1.54) is 0 Å². The van der Waals surface area contributed by atoms with E-state index in [0.717, 1.165) is 36.5 Å². The van der Waals surface area contributed by atoms with Gasteiger partial charge in [0.15, 0.2) is 6.61 Å². The van der Waals surface area contributed by atoms with Gasteiger partial charge in [0, 0.05) is 6.07 Å². The highest BCUT2D eigenvalue weighted by molar-refractivity contribution is 5.92. The SMILES string of the molecule is O=C(COn1cc(C(=O)O)ccc1=O)Nc1c(F)cccc1F. The number of pyridine rings is 1. The number of carbonyl (C=O) groups is 2. The molecule has 9 heteroatoms. The molecule has 2 N–H and O–H groups in total. The number of rotatable bonds is 5. The second-order valence-electron chi connectivity index (χ2n) is 4.31. The van der Waals surface area contributed by atoms with Crippen LogP contribution in [0.4, 0.5) is 14.5 Å². The molecule has 0 fully saturated rings. The summed E-state index contributed by atoms with van der Waals surface area (Å²) < 4.78 is 27.3. The predicted molar refractivity (Wildman–Crippen MR) is 74.1 cm³/mol. The molecule has 7 nitrogen and oxygen atoms in total. The first-order valence-electron chi connectivity index (χ1n) is 6.21. The van der Waals surface area contributed by atoms with Crippen LogP contribution in [-0.2, 0) is 4.79 Å². The monoisotopic (exact) mass is 324 g/mol. The van der Waals surface area contributed by atoms with Gasteiger partial charge in [-0.15, -0.1) is 0 Å². The van der Waals surface area contributed by atoms with Crippen LogP contribution in [0.25, 0.3) is 0 Å². The Labute approximate surface area is 127 Å². The normalized spacial score (nSPS) is 10.2. The van der Waals surface area contributed by atoms with Crippen LogP contribution in [0.1, 0.15) is 10.4 Å². The lowest BCUT2D eigenvalue weighted by Gasteiger charge is -2.10. The molecule has 2 rings (SSSR count). The molecule has 1 aromatic heterocycles. The van der Waals surface area contributed by atoms with Gasteiger partial charge in [-0.05, 0) is 18.2 Å². The van der Waals surface area contributed by atoms with Crippen LogP contribution in [0.5, 0.6) is 0 Å². The molecule has 2 aromatic rings. The third-order valence-electron chi connectivity index (χ3n) is 2.69. The highest BCUT2D eigenvalue weighted by Crippen LogP contribution is 2.17. The fraction of sp³-hybridized carbons (Fsp3) is 0.0714. The number of amides is 1. The smallest absolute Gasteiger partial charge is 0.337 e. The summed E-state index contributed by atoms with van der Waals surface area (Å²) in [7, 11) is 0. The Morgan fingerprint density at radius 1 is 1.17 bits per heavy atom. The zero-order valence-electron chi connectivity index (χ0n) is 11.5. The lowest BCUT2D eigenvalue weighted by Crippen LogP contribution is -2.32. The molecule has 0 saturated heterocycles. The average Bonchev–Trinajstić information content (AvgIpc) is 2.50. The first-order valence-corrected chi connectivity index (χ1v) is 6.21. The van der Waals surface area contributed by atoms with Crippen LogP contribution in [0.2, 0.25) is 0 Å². The first kappa shape index (κ1) is 16.1. The molecule has 0 aliphatic rings. The number of hydrogen-bond acceptors (Lipinski definition) is 4. The summed E-state index contributed by atoms with van der Waals surface area (Å²) in [6, 6.07) is 5.06. The van der Waals surface area contributed by atoms with Gasteiger partial charge in [0.25, 0.3) is 11.5 Å². The number of aromatic nitrogens is 1. The van der Waals surface area contributed by atoms with Crippen molar-refractivity contribution in [3.05, 3.63) is 64.1 Å². The lowest BCUT2D eigenvalue weighted by molar-refractivity contribution is -0.121. The van der Waals surface area contributed by atoms with E-state index in [9.17, 15) is 23.2 Å². The molecule has 0 spiro atoms. The number of aromatic carboxylic acids is 1. The van der Waals surface area contributed by atoms with E-state index in [-0.39, 0.29) is 5.56 Å². The summed E-state index contributed by atoms with van der Waals surface area (Å²) in [5.74, 6) is -4.16. The highest BCUT2D eigenvalue weighted by Gasteiger charge is 2.13. The van der Waals surface area contributed by atoms with Gasteiger partial charge in [0.1, 0.15) is 17.3 Å². The van der Waals surface area contributed by atoms with Gasteiger partial charge in [0.05, 0.1) is 11.8 Å². The summed E-state index contributed by atoms with van der Waals surface area (Å²) in [6.45, 7) is -0.753. The van der Waals surface area contributed by atoms with Crippen LogP contribution in [0, 0.1) is 11.6 Å². The van der Waals surface area contributed by atoms with Gasteiger partial charge < -0.3 is 15.3 Å². The molecule has 0 unspecified atom stereocenters. The van der Waals surface area contributed by atoms with Gasteiger partial charge in [-0.3, -0.25) is 9.59 Å². The predicted octanol–water partition coefficient (Wildman–Crippen LogP) is 0.892. The van der Waals surface area contributed by atoms with E-state index in [1.807, 2.05) is 5.32 Å². The molecule has 1 heterocycles. The second kappa shape index (κ2) is 6.69. The fourth-order valence-electron chi connectivity index (χ4n) is 1.62. The molecule has 23 heavy (non-hydrogen) atoms. The molecule has 0 bridgehead atoms. The van der Waals surface area contributed by atoms with Gasteiger partial charge in [-0.25, -0.2) is 13.6 Å². The molecule has 0 aliphatic heterocycles. The van der Waals surface area contributed by atoms with Crippen molar-refractivity contribution in [2.45, 2.75) is 0 Å². The van der Waals surface area contributed by atoms with Crippen molar-refractivity contribution in [3.63, 3.8) is 0 Å². The zero-order chi connectivity index (χ0) is 17.0. The minimum absolute atomic E-state index is 0.231. The summed E-state index contributed by atoms with van der Waals surface area (Å²) in [6.07, 6.45) is 0.877. The van der Waals surface area contributed by atoms with Crippen molar-refractivity contribution in [3.8, 4) is 0 Å². The molecule has 120 valence electrons. The maximum Gasteiger partial charge on any atom is 0.337 e. The molecule has 0 aliphatic carbocycles. The third-order valence-corrected chi connectivity index (χ3v) is 2.69. The molecule has 0 radical (unpaired) electrons. The van der Waals surface area contributed by atoms with Gasteiger partial charge in [-0.1, -0.05) is 6.07 Å². The largest absolute Gasteiger partial charge is 0.478 e. The summed E-state index contributed by atoms with van der Waals surface area (Å²) in [4.78, 5) is 38.7. The number of halogens is 2. The maximum absolute atomic E-state index is 13.4. The molecule has 1 aromatic carbocycles. The number of carboxylic acids is 1. The topological polar surface area (TPSA) is 97.6 Å². The number of benzene rings is 1. The van der Waals surface area contributed by atoms with E-state index >= 15 is 0 Å². The Bertz CT molecular complexity index is 799. The van der Waals surface area contributed by atoms with E-state index in [4.69, 9.17) is 9.94 Å². The van der Waals surface area contributed by atoms with Crippen molar-refractivity contribution in [1.29, 1.82) is 0 Å². The minimum atomic E-state index is -1.29. The number of anilines is 1. The molecular formula is C14H10F2N2O5. The van der Waals surface area contributed by atoms with Crippen molar-refractivity contribution >= 4 is 17.6 Å². The molecule has 1 amide bonds. The van der Waals surface area contributed by atoms with Crippen LogP contribution in [0.15, 0.2) is 41.3 Å². The van der Waals surface area contributed by atoms with E-state index in [1.54, 1.807) is 0 Å². The van der Waals surface area contributed by atoms with Gasteiger partial charge in [-0.2, -0.15) is 4.73 Å². The fourth-order valence-corrected chi connectivity index (χ4v) is 1.62. The second-order valence-corrected chi connectivity index (χ2v) is 4.31. The Kier molecular flexibility index (Phi) is 4.69. The maximum atomic E-state index is 13.4. The summed E-state index contributed by atoms with van der Waals surface area (Å²) in [5.41, 5.74) is -1.59. The lowest BCUT2D eigenvalue weighted by atomic mass is 10.3. The van der Waals surface area contributed by atoms with Gasteiger partial charge in [0.2, 0.25) is 0 Å². The quantitative estimate of drug-likeness (QED) is 0.851.